The summed E-state index contributed by atoms with van der Waals surface area (Å²) in [7, 11) is 0. The second kappa shape index (κ2) is 37.5. The molecule has 9 rings (SSSR count). The van der Waals surface area contributed by atoms with E-state index in [0.29, 0.717) is 34.5 Å². The first-order chi connectivity index (χ1) is 48.6. The second-order valence-electron chi connectivity index (χ2n) is 27.0. The first kappa shape index (κ1) is 76.8. The molecule has 100 heavy (non-hydrogen) atoms. The summed E-state index contributed by atoms with van der Waals surface area (Å²) in [5.74, 6) is -3.63. The third kappa shape index (κ3) is 18.3. The largest absolute Gasteiger partial charge is 0.492 e. The fourth-order valence-corrected chi connectivity index (χ4v) is 18.8. The van der Waals surface area contributed by atoms with Crippen molar-refractivity contribution in [3.63, 3.8) is 0 Å². The number of carbonyl (C=O) groups excluding carboxylic acids is 2. The maximum absolute atomic E-state index is 15.0. The summed E-state index contributed by atoms with van der Waals surface area (Å²) in [6.07, 6.45) is 36.3. The topological polar surface area (TPSA) is 118 Å². The zero-order valence-corrected chi connectivity index (χ0v) is 62.3. The van der Waals surface area contributed by atoms with Gasteiger partial charge in [-0.3, -0.25) is 9.59 Å². The third-order valence-electron chi connectivity index (χ3n) is 19.9. The van der Waals surface area contributed by atoms with Gasteiger partial charge in [-0.2, -0.15) is 0 Å². The molecule has 0 radical (unpaired) electrons. The van der Waals surface area contributed by atoms with Crippen molar-refractivity contribution >= 4 is 80.2 Å². The van der Waals surface area contributed by atoms with Crippen LogP contribution in [0.4, 0.5) is 17.6 Å². The maximum atomic E-state index is 15.0. The predicted molar refractivity (Wildman–Crippen MR) is 403 cm³/mol. The van der Waals surface area contributed by atoms with Gasteiger partial charge in [0.25, 0.3) is 11.4 Å². The van der Waals surface area contributed by atoms with Gasteiger partial charge in [-0.05, 0) is 116 Å². The smallest absolute Gasteiger partial charge is 0.270 e. The van der Waals surface area contributed by atoms with Gasteiger partial charge < -0.3 is 14.2 Å². The lowest BCUT2D eigenvalue weighted by molar-refractivity contribution is 0.0398. The lowest BCUT2D eigenvalue weighted by Gasteiger charge is -2.38. The van der Waals surface area contributed by atoms with Crippen LogP contribution in [-0.4, -0.2) is 24.8 Å². The van der Waals surface area contributed by atoms with Crippen molar-refractivity contribution in [1.29, 1.82) is 10.5 Å². The minimum absolute atomic E-state index is 0.00918. The Kier molecular flexibility index (Phi) is 28.8. The maximum Gasteiger partial charge on any atom is 0.270 e. The third-order valence-corrected chi connectivity index (χ3v) is 24.8. The Morgan fingerprint density at radius 2 is 0.860 bits per heavy atom. The van der Waals surface area contributed by atoms with Crippen LogP contribution in [0.3, 0.4) is 0 Å². The number of rotatable bonds is 40. The standard InChI is InChI=1S/C83H94F4N4O5S4/c1-9-15-19-21-23-25-27-29-31-33-37-83(38-34-32-30-28-26-24-22-20-16-10-2)63-47-73(80-70(94-51-53(13-5)35-17-11-3)41-55(97-80)39-61-75(68(49-88)90-7)57-43-64(84)66(86)45-59(57)77(61)92)99-79(63)82-72(96-83)48-74(100-82)81-71(95-52-54(14-6)36-18-12-4)42-56(98-81)40-62-76(69(50-89)91-8)58-44-65(85)67(87)46-60(58)78(62)93/h39-48,53-54H,9-38,51-52H2,1-6H3/b61-39-,62-40-,75-68?,76-69+. The molecule has 0 spiro atoms. The van der Waals surface area contributed by atoms with Crippen LogP contribution < -0.4 is 14.2 Å². The number of halogens is 4. The van der Waals surface area contributed by atoms with Gasteiger partial charge in [0.2, 0.25) is 0 Å². The van der Waals surface area contributed by atoms with E-state index < -0.39 is 51.8 Å². The van der Waals surface area contributed by atoms with Crippen molar-refractivity contribution in [1.82, 2.24) is 0 Å². The average Bonchev–Trinajstić information content (AvgIpc) is 1.57. The lowest BCUT2D eigenvalue weighted by Crippen LogP contribution is -2.35. The SMILES string of the molecule is [C-]#[N+]C(C#N)=C1/C(=C/c2cc(OCC(CC)CCCC)c(-c3cc4c(s3)-c3sc(-c5sc(/C=C6\C(=O)c7cc(F)c(F)cc7\C6=C(\C#N)[N+]#[C-])cc5OCC(CC)CCCC)cc3OC4(CCCCCCCCCCCC)CCCCCCCCCCCC)s2)C(=O)c2cc(F)c(F)cc21. The van der Waals surface area contributed by atoms with E-state index in [-0.39, 0.29) is 56.4 Å². The molecule has 528 valence electrons. The second-order valence-corrected chi connectivity index (χ2v) is 31.3. The van der Waals surface area contributed by atoms with Crippen LogP contribution in [0.15, 0.2) is 71.1 Å². The van der Waals surface area contributed by atoms with Gasteiger partial charge in [-0.1, -0.05) is 196 Å². The molecule has 2 aromatic carbocycles. The van der Waals surface area contributed by atoms with Crippen molar-refractivity contribution in [2.75, 3.05) is 13.2 Å². The highest BCUT2D eigenvalue weighted by Gasteiger charge is 2.44. The fraction of sp³-hybridized carbons (Fsp3) is 0.494. The minimum atomic E-state index is -1.21. The van der Waals surface area contributed by atoms with Crippen molar-refractivity contribution < 1.29 is 41.4 Å². The summed E-state index contributed by atoms with van der Waals surface area (Å²) in [5, 5.41) is 20.5. The van der Waals surface area contributed by atoms with Crippen molar-refractivity contribution in [3.05, 3.63) is 155 Å². The highest BCUT2D eigenvalue weighted by atomic mass is 32.1. The number of fused-ring (bicyclic) bond motifs is 5. The Morgan fingerprint density at radius 1 is 0.490 bits per heavy atom. The van der Waals surface area contributed by atoms with E-state index in [4.69, 9.17) is 27.4 Å². The predicted octanol–water partition coefficient (Wildman–Crippen LogP) is 26.8. The summed E-state index contributed by atoms with van der Waals surface area (Å²) in [4.78, 5) is 42.2. The number of thiophene rings is 4. The molecule has 3 aliphatic rings. The van der Waals surface area contributed by atoms with Gasteiger partial charge in [0, 0.05) is 59.7 Å². The Labute approximate surface area is 606 Å². The minimum Gasteiger partial charge on any atom is -0.492 e. The van der Waals surface area contributed by atoms with Crippen LogP contribution in [0, 0.1) is 70.9 Å². The van der Waals surface area contributed by atoms with Gasteiger partial charge in [-0.25, -0.2) is 37.8 Å². The van der Waals surface area contributed by atoms with E-state index in [1.165, 1.54) is 113 Å². The van der Waals surface area contributed by atoms with Crippen LogP contribution >= 0.6 is 45.3 Å². The molecule has 17 heteroatoms. The molecule has 0 saturated carbocycles. The van der Waals surface area contributed by atoms with E-state index in [0.717, 1.165) is 168 Å². The zero-order chi connectivity index (χ0) is 71.3. The monoisotopic (exact) mass is 1430 g/mol. The molecule has 1 aliphatic heterocycles. The lowest BCUT2D eigenvalue weighted by atomic mass is 9.81. The molecule has 0 amide bonds. The molecule has 6 aromatic rings. The number of carbonyl (C=O) groups is 2. The number of unbranched alkanes of at least 4 members (excludes halogenated alkanes) is 20. The molecule has 9 nitrogen and oxygen atoms in total. The molecule has 0 bridgehead atoms. The highest BCUT2D eigenvalue weighted by Crippen LogP contribution is 2.61. The Bertz CT molecular complexity index is 4130. The van der Waals surface area contributed by atoms with Crippen LogP contribution in [0.1, 0.15) is 281 Å². The summed E-state index contributed by atoms with van der Waals surface area (Å²) < 4.78 is 81.5. The van der Waals surface area contributed by atoms with E-state index in [9.17, 15) is 33.3 Å². The van der Waals surface area contributed by atoms with Crippen LogP contribution in [0.25, 0.3) is 62.3 Å². The van der Waals surface area contributed by atoms with Gasteiger partial charge in [-0.15, -0.1) is 45.3 Å². The zero-order valence-electron chi connectivity index (χ0n) is 59.0. The van der Waals surface area contributed by atoms with E-state index in [1.807, 2.05) is 24.3 Å². The Balaban J connectivity index is 1.20. The van der Waals surface area contributed by atoms with Crippen molar-refractivity contribution in [2.24, 2.45) is 11.8 Å². The Morgan fingerprint density at radius 3 is 1.24 bits per heavy atom. The number of ketones is 2. The summed E-state index contributed by atoms with van der Waals surface area (Å²) >= 11 is 6.05. The molecule has 4 aromatic heterocycles. The van der Waals surface area contributed by atoms with Gasteiger partial charge in [0.1, 0.15) is 22.8 Å². The van der Waals surface area contributed by atoms with Gasteiger partial charge in [0.15, 0.2) is 34.8 Å². The van der Waals surface area contributed by atoms with Crippen molar-refractivity contribution in [3.8, 4) is 58.6 Å². The number of allylic oxidation sites excluding steroid dienone is 6. The molecule has 2 aliphatic carbocycles. The number of nitrogens with zero attached hydrogens (tertiary/aromatic N) is 4. The number of hydrogen-bond acceptors (Lipinski definition) is 11. The van der Waals surface area contributed by atoms with E-state index in [2.05, 4.69) is 63.4 Å². The van der Waals surface area contributed by atoms with E-state index >= 15 is 4.39 Å². The van der Waals surface area contributed by atoms with Crippen molar-refractivity contribution in [2.45, 2.75) is 240 Å². The summed E-state index contributed by atoms with van der Waals surface area (Å²) in [6, 6.07) is 15.4. The molecule has 2 unspecified atom stereocenters. The molecule has 5 heterocycles. The molecule has 0 saturated heterocycles. The van der Waals surface area contributed by atoms with Gasteiger partial charge >= 0.3 is 0 Å². The first-order valence-corrected chi connectivity index (χ1v) is 40.0. The summed E-state index contributed by atoms with van der Waals surface area (Å²) in [6.45, 7) is 29.9. The van der Waals surface area contributed by atoms with E-state index in [1.54, 1.807) is 34.8 Å². The van der Waals surface area contributed by atoms with Crippen LogP contribution in [0.5, 0.6) is 17.2 Å². The molecule has 0 fully saturated rings. The number of Topliss-reactive ketones (excluding diaryl/α,β-unsaturated/α-hetero) is 2. The van der Waals surface area contributed by atoms with Crippen LogP contribution in [0.2, 0.25) is 0 Å². The van der Waals surface area contributed by atoms with Crippen LogP contribution in [-0.2, 0) is 5.60 Å². The number of ether oxygens (including phenoxy) is 3. The average molecular weight is 1430 g/mol. The van der Waals surface area contributed by atoms with Gasteiger partial charge in [0.05, 0.1) is 62.9 Å². The fourth-order valence-electron chi connectivity index (χ4n) is 14.0. The molecule has 0 N–H and O–H groups in total. The first-order valence-electron chi connectivity index (χ1n) is 36.7. The number of nitriles is 2. The quantitative estimate of drug-likeness (QED) is 0.0124. The Hall–Kier alpha value is -7.38. The highest BCUT2D eigenvalue weighted by molar-refractivity contribution is 7.29. The molecule has 2 atom stereocenters. The number of hydrogen-bond donors (Lipinski definition) is 0. The molecular weight excluding hydrogens is 1340 g/mol. The number of benzene rings is 2. The molecular formula is C83H94F4N4O5S4. The summed E-state index contributed by atoms with van der Waals surface area (Å²) in [5.41, 5.74) is -0.879. The normalized spacial score (nSPS) is 15.9.